The first-order chi connectivity index (χ1) is 8.19. The minimum atomic E-state index is 0.706. The SMILES string of the molecule is CCc1ccc(Oc2ccc(Cl)cc2)c(Br)c1. The maximum Gasteiger partial charge on any atom is 0.141 e. The van der Waals surface area contributed by atoms with Gasteiger partial charge < -0.3 is 4.74 Å². The van der Waals surface area contributed by atoms with Gasteiger partial charge >= 0.3 is 0 Å². The van der Waals surface area contributed by atoms with E-state index in [1.54, 1.807) is 0 Å². The lowest BCUT2D eigenvalue weighted by atomic mass is 10.2. The molecule has 0 heterocycles. The van der Waals surface area contributed by atoms with Gasteiger partial charge in [0.2, 0.25) is 0 Å². The highest BCUT2D eigenvalue weighted by Crippen LogP contribution is 2.31. The molecule has 0 fully saturated rings. The minimum Gasteiger partial charge on any atom is -0.456 e. The van der Waals surface area contributed by atoms with Crippen molar-refractivity contribution in [2.45, 2.75) is 13.3 Å². The van der Waals surface area contributed by atoms with Gasteiger partial charge in [0.05, 0.1) is 4.47 Å². The molecule has 0 atom stereocenters. The van der Waals surface area contributed by atoms with Gasteiger partial charge in [-0.2, -0.15) is 0 Å². The number of benzene rings is 2. The van der Waals surface area contributed by atoms with Crippen LogP contribution in [-0.2, 0) is 6.42 Å². The molecule has 0 bridgehead atoms. The number of rotatable bonds is 3. The van der Waals surface area contributed by atoms with Crippen LogP contribution >= 0.6 is 27.5 Å². The van der Waals surface area contributed by atoms with E-state index >= 15 is 0 Å². The van der Waals surface area contributed by atoms with E-state index in [2.05, 4.69) is 35.0 Å². The smallest absolute Gasteiger partial charge is 0.141 e. The molecule has 0 aliphatic carbocycles. The Balaban J connectivity index is 2.21. The van der Waals surface area contributed by atoms with Gasteiger partial charge in [-0.25, -0.2) is 0 Å². The fourth-order valence-electron chi connectivity index (χ4n) is 1.48. The zero-order chi connectivity index (χ0) is 12.3. The van der Waals surface area contributed by atoms with E-state index in [0.717, 1.165) is 22.4 Å². The fourth-order valence-corrected chi connectivity index (χ4v) is 2.11. The van der Waals surface area contributed by atoms with Crippen molar-refractivity contribution in [1.29, 1.82) is 0 Å². The van der Waals surface area contributed by atoms with Crippen molar-refractivity contribution in [2.24, 2.45) is 0 Å². The van der Waals surface area contributed by atoms with E-state index in [1.165, 1.54) is 5.56 Å². The average Bonchev–Trinajstić information content (AvgIpc) is 2.34. The predicted molar refractivity (Wildman–Crippen MR) is 75.0 cm³/mol. The maximum atomic E-state index is 5.82. The van der Waals surface area contributed by atoms with Gasteiger partial charge in [-0.05, 0) is 64.3 Å². The number of hydrogen-bond acceptors (Lipinski definition) is 1. The molecule has 1 nitrogen and oxygen atoms in total. The standard InChI is InChI=1S/C14H12BrClO/c1-2-10-3-8-14(13(15)9-10)17-12-6-4-11(16)5-7-12/h3-9H,2H2,1H3. The average molecular weight is 312 g/mol. The fraction of sp³-hybridized carbons (Fsp3) is 0.143. The Hall–Kier alpha value is -0.990. The quantitative estimate of drug-likeness (QED) is 0.731. The summed E-state index contributed by atoms with van der Waals surface area (Å²) in [4.78, 5) is 0. The highest BCUT2D eigenvalue weighted by atomic mass is 79.9. The summed E-state index contributed by atoms with van der Waals surface area (Å²) in [6, 6.07) is 13.4. The lowest BCUT2D eigenvalue weighted by Gasteiger charge is -2.08. The first kappa shape index (κ1) is 12.5. The number of halogens is 2. The van der Waals surface area contributed by atoms with Gasteiger partial charge in [-0.3, -0.25) is 0 Å². The van der Waals surface area contributed by atoms with Crippen LogP contribution < -0.4 is 4.74 Å². The van der Waals surface area contributed by atoms with E-state index in [1.807, 2.05) is 30.3 Å². The third kappa shape index (κ3) is 3.24. The molecule has 2 aromatic rings. The van der Waals surface area contributed by atoms with Gasteiger partial charge in [-0.1, -0.05) is 24.6 Å². The van der Waals surface area contributed by atoms with E-state index in [9.17, 15) is 0 Å². The van der Waals surface area contributed by atoms with Crippen molar-refractivity contribution in [3.63, 3.8) is 0 Å². The summed E-state index contributed by atoms with van der Waals surface area (Å²) >= 11 is 9.33. The second kappa shape index (κ2) is 5.56. The first-order valence-corrected chi connectivity index (χ1v) is 6.58. The molecule has 88 valence electrons. The van der Waals surface area contributed by atoms with Gasteiger partial charge in [0.1, 0.15) is 11.5 Å². The molecule has 0 spiro atoms. The second-order valence-corrected chi connectivity index (χ2v) is 4.97. The normalized spacial score (nSPS) is 10.3. The second-order valence-electron chi connectivity index (χ2n) is 3.67. The van der Waals surface area contributed by atoms with Crippen LogP contribution in [0.2, 0.25) is 5.02 Å². The van der Waals surface area contributed by atoms with E-state index < -0.39 is 0 Å². The molecule has 0 N–H and O–H groups in total. The Morgan fingerprint density at radius 1 is 1.12 bits per heavy atom. The van der Waals surface area contributed by atoms with Gasteiger partial charge in [0.15, 0.2) is 0 Å². The molecule has 0 aliphatic heterocycles. The lowest BCUT2D eigenvalue weighted by Crippen LogP contribution is -1.87. The molecule has 0 unspecified atom stereocenters. The predicted octanol–water partition coefficient (Wildman–Crippen LogP) is 5.46. The zero-order valence-corrected chi connectivity index (χ0v) is 11.8. The molecule has 2 aromatic carbocycles. The largest absolute Gasteiger partial charge is 0.456 e. The van der Waals surface area contributed by atoms with Crippen molar-refractivity contribution in [3.8, 4) is 11.5 Å². The number of aryl methyl sites for hydroxylation is 1. The molecule has 0 aromatic heterocycles. The van der Waals surface area contributed by atoms with Crippen LogP contribution in [0, 0.1) is 0 Å². The summed E-state index contributed by atoms with van der Waals surface area (Å²) in [6.45, 7) is 2.13. The molecule has 0 aliphatic rings. The Morgan fingerprint density at radius 2 is 1.82 bits per heavy atom. The summed E-state index contributed by atoms with van der Waals surface area (Å²) in [5, 5.41) is 0.706. The van der Waals surface area contributed by atoms with E-state index in [0.29, 0.717) is 5.02 Å². The van der Waals surface area contributed by atoms with Crippen molar-refractivity contribution in [1.82, 2.24) is 0 Å². The maximum absolute atomic E-state index is 5.82. The molecular formula is C14H12BrClO. The minimum absolute atomic E-state index is 0.706. The monoisotopic (exact) mass is 310 g/mol. The van der Waals surface area contributed by atoms with Crippen molar-refractivity contribution >= 4 is 27.5 Å². The summed E-state index contributed by atoms with van der Waals surface area (Å²) < 4.78 is 6.72. The highest BCUT2D eigenvalue weighted by molar-refractivity contribution is 9.10. The number of hydrogen-bond donors (Lipinski definition) is 0. The molecule has 3 heteroatoms. The molecule has 0 amide bonds. The molecule has 2 rings (SSSR count). The van der Waals surface area contributed by atoms with E-state index in [-0.39, 0.29) is 0 Å². The van der Waals surface area contributed by atoms with Crippen molar-refractivity contribution in [2.75, 3.05) is 0 Å². The number of ether oxygens (including phenoxy) is 1. The summed E-state index contributed by atoms with van der Waals surface area (Å²) in [5.74, 6) is 1.59. The third-order valence-electron chi connectivity index (χ3n) is 2.45. The van der Waals surface area contributed by atoms with Crippen LogP contribution in [0.4, 0.5) is 0 Å². The molecule has 17 heavy (non-hydrogen) atoms. The Kier molecular flexibility index (Phi) is 4.08. The molecule has 0 radical (unpaired) electrons. The van der Waals surface area contributed by atoms with Crippen LogP contribution in [0.1, 0.15) is 12.5 Å². The van der Waals surface area contributed by atoms with Crippen molar-refractivity contribution < 1.29 is 4.74 Å². The van der Waals surface area contributed by atoms with Crippen LogP contribution in [0.5, 0.6) is 11.5 Å². The summed E-state index contributed by atoms with van der Waals surface area (Å²) in [7, 11) is 0. The van der Waals surface area contributed by atoms with Gasteiger partial charge in [-0.15, -0.1) is 0 Å². The highest BCUT2D eigenvalue weighted by Gasteiger charge is 2.03. The van der Waals surface area contributed by atoms with Crippen molar-refractivity contribution in [3.05, 3.63) is 57.5 Å². The lowest BCUT2D eigenvalue weighted by molar-refractivity contribution is 0.479. The van der Waals surface area contributed by atoms with Crippen LogP contribution in [-0.4, -0.2) is 0 Å². The summed E-state index contributed by atoms with van der Waals surface area (Å²) in [6.07, 6.45) is 1.01. The summed E-state index contributed by atoms with van der Waals surface area (Å²) in [5.41, 5.74) is 1.28. The molecular weight excluding hydrogens is 300 g/mol. The van der Waals surface area contributed by atoms with Crippen LogP contribution in [0.25, 0.3) is 0 Å². The van der Waals surface area contributed by atoms with Gasteiger partial charge in [0.25, 0.3) is 0 Å². The zero-order valence-electron chi connectivity index (χ0n) is 9.41. The van der Waals surface area contributed by atoms with Crippen LogP contribution in [0.15, 0.2) is 46.9 Å². The van der Waals surface area contributed by atoms with Gasteiger partial charge in [0, 0.05) is 5.02 Å². The molecule has 0 saturated heterocycles. The van der Waals surface area contributed by atoms with E-state index in [4.69, 9.17) is 16.3 Å². The Labute approximate surface area is 115 Å². The first-order valence-electron chi connectivity index (χ1n) is 5.41. The van der Waals surface area contributed by atoms with Crippen LogP contribution in [0.3, 0.4) is 0 Å². The third-order valence-corrected chi connectivity index (χ3v) is 3.32. The topological polar surface area (TPSA) is 9.23 Å². The molecule has 0 saturated carbocycles. The Morgan fingerprint density at radius 3 is 2.41 bits per heavy atom. The Bertz CT molecular complexity index is 508.